The average Bonchev–Trinajstić information content (AvgIpc) is 2.21. The van der Waals surface area contributed by atoms with Gasteiger partial charge in [-0.15, -0.1) is 0 Å². The minimum absolute atomic E-state index is 0.00405. The number of hydrogen-bond acceptors (Lipinski definition) is 2. The summed E-state index contributed by atoms with van der Waals surface area (Å²) in [6.07, 6.45) is 0. The number of hydrogen-bond donors (Lipinski definition) is 1. The van der Waals surface area contributed by atoms with Crippen LogP contribution in [0.25, 0.3) is 0 Å². The number of rotatable bonds is 2. The third-order valence-electron chi connectivity index (χ3n) is 3.25. The molecule has 0 bridgehead atoms. The van der Waals surface area contributed by atoms with Crippen molar-refractivity contribution < 1.29 is 9.84 Å². The summed E-state index contributed by atoms with van der Waals surface area (Å²) in [5.74, 6) is 0.326. The number of phenolic OH excluding ortho intramolecular Hbond substituents is 1. The molecule has 0 aliphatic rings. The number of phenols is 1. The first-order valence-electron chi connectivity index (χ1n) is 6.54. The van der Waals surface area contributed by atoms with E-state index in [2.05, 4.69) is 63.5 Å². The predicted molar refractivity (Wildman–Crippen MR) is 83.9 cm³/mol. The van der Waals surface area contributed by atoms with Crippen LogP contribution >= 0.6 is 15.9 Å². The van der Waals surface area contributed by atoms with E-state index < -0.39 is 0 Å². The molecule has 0 spiro atoms. The molecule has 0 saturated carbocycles. The highest BCUT2D eigenvalue weighted by Crippen LogP contribution is 2.43. The maximum atomic E-state index is 10.4. The van der Waals surface area contributed by atoms with Gasteiger partial charge in [0.15, 0.2) is 0 Å². The number of methoxy groups -OCH3 is 1. The standard InChI is InChI=1S/C16H25BrO2/c1-15(2,3)11-8-12(16(4,5)6)14(18)13(17)10(11)9-19-7/h8,18H,9H2,1-7H3. The molecule has 0 aromatic heterocycles. The fourth-order valence-corrected chi connectivity index (χ4v) is 2.75. The number of aromatic hydroxyl groups is 1. The van der Waals surface area contributed by atoms with Crippen LogP contribution in [0.5, 0.6) is 5.75 Å². The fourth-order valence-electron chi connectivity index (χ4n) is 2.21. The lowest BCUT2D eigenvalue weighted by atomic mass is 9.78. The van der Waals surface area contributed by atoms with Crippen molar-refractivity contribution >= 4 is 15.9 Å². The number of halogens is 1. The van der Waals surface area contributed by atoms with Gasteiger partial charge in [0.05, 0.1) is 11.1 Å². The molecule has 1 aromatic rings. The van der Waals surface area contributed by atoms with Crippen LogP contribution in [0.3, 0.4) is 0 Å². The van der Waals surface area contributed by atoms with E-state index in [1.54, 1.807) is 7.11 Å². The highest BCUT2D eigenvalue weighted by atomic mass is 79.9. The Morgan fingerprint density at radius 2 is 1.53 bits per heavy atom. The minimum Gasteiger partial charge on any atom is -0.506 e. The van der Waals surface area contributed by atoms with Gasteiger partial charge in [0.2, 0.25) is 0 Å². The van der Waals surface area contributed by atoms with E-state index in [4.69, 9.17) is 4.74 Å². The van der Waals surface area contributed by atoms with E-state index in [0.717, 1.165) is 15.6 Å². The third kappa shape index (κ3) is 3.51. The van der Waals surface area contributed by atoms with Gasteiger partial charge in [0.25, 0.3) is 0 Å². The minimum atomic E-state index is -0.0990. The van der Waals surface area contributed by atoms with Crippen molar-refractivity contribution in [1.82, 2.24) is 0 Å². The molecular weight excluding hydrogens is 304 g/mol. The van der Waals surface area contributed by atoms with Crippen molar-refractivity contribution in [2.45, 2.75) is 59.0 Å². The lowest BCUT2D eigenvalue weighted by molar-refractivity contribution is 0.182. The van der Waals surface area contributed by atoms with E-state index in [0.29, 0.717) is 12.4 Å². The van der Waals surface area contributed by atoms with Gasteiger partial charge < -0.3 is 9.84 Å². The fraction of sp³-hybridized carbons (Fsp3) is 0.625. The largest absolute Gasteiger partial charge is 0.506 e. The monoisotopic (exact) mass is 328 g/mol. The molecule has 19 heavy (non-hydrogen) atoms. The van der Waals surface area contributed by atoms with Gasteiger partial charge in [-0.2, -0.15) is 0 Å². The molecule has 1 aromatic carbocycles. The van der Waals surface area contributed by atoms with Crippen molar-refractivity contribution in [1.29, 1.82) is 0 Å². The molecule has 0 amide bonds. The Balaban J connectivity index is 3.64. The van der Waals surface area contributed by atoms with Gasteiger partial charge in [-0.25, -0.2) is 0 Å². The van der Waals surface area contributed by atoms with E-state index >= 15 is 0 Å². The van der Waals surface area contributed by atoms with Gasteiger partial charge in [0, 0.05) is 12.7 Å². The SMILES string of the molecule is COCc1c(C(C)(C)C)cc(C(C)(C)C)c(O)c1Br. The molecule has 0 aliphatic heterocycles. The van der Waals surface area contributed by atoms with Crippen LogP contribution in [0.1, 0.15) is 58.2 Å². The van der Waals surface area contributed by atoms with E-state index in [1.807, 2.05) is 0 Å². The highest BCUT2D eigenvalue weighted by molar-refractivity contribution is 9.10. The zero-order chi connectivity index (χ0) is 15.0. The molecule has 108 valence electrons. The molecule has 0 saturated heterocycles. The van der Waals surface area contributed by atoms with Crippen molar-refractivity contribution in [3.05, 3.63) is 27.2 Å². The topological polar surface area (TPSA) is 29.5 Å². The predicted octanol–water partition coefficient (Wildman–Crippen LogP) is 4.90. The molecule has 1 rings (SSSR count). The Bertz CT molecular complexity index is 465. The average molecular weight is 329 g/mol. The van der Waals surface area contributed by atoms with E-state index in [9.17, 15) is 5.11 Å². The Morgan fingerprint density at radius 3 is 1.89 bits per heavy atom. The maximum absolute atomic E-state index is 10.4. The van der Waals surface area contributed by atoms with Crippen molar-refractivity contribution in [3.8, 4) is 5.75 Å². The normalized spacial score (nSPS) is 12.8. The molecule has 0 unspecified atom stereocenters. The molecule has 3 heteroatoms. The summed E-state index contributed by atoms with van der Waals surface area (Å²) >= 11 is 3.54. The third-order valence-corrected chi connectivity index (χ3v) is 4.10. The van der Waals surface area contributed by atoms with Crippen LogP contribution in [-0.2, 0) is 22.2 Å². The molecule has 2 nitrogen and oxygen atoms in total. The second-order valence-corrected chi connectivity index (χ2v) is 7.84. The Kier molecular flexibility index (Phi) is 4.74. The first-order valence-corrected chi connectivity index (χ1v) is 7.33. The van der Waals surface area contributed by atoms with Gasteiger partial charge in [-0.05, 0) is 37.9 Å². The molecule has 0 fully saturated rings. The summed E-state index contributed by atoms with van der Waals surface area (Å²) < 4.78 is 6.04. The Hall–Kier alpha value is -0.540. The van der Waals surface area contributed by atoms with Crippen molar-refractivity contribution in [2.75, 3.05) is 7.11 Å². The smallest absolute Gasteiger partial charge is 0.133 e. The van der Waals surface area contributed by atoms with Gasteiger partial charge >= 0.3 is 0 Å². The molecule has 0 radical (unpaired) electrons. The molecular formula is C16H25BrO2. The van der Waals surface area contributed by atoms with Crippen molar-refractivity contribution in [2.24, 2.45) is 0 Å². The summed E-state index contributed by atoms with van der Waals surface area (Å²) in [5.41, 5.74) is 3.11. The van der Waals surface area contributed by atoms with Crippen LogP contribution in [0.2, 0.25) is 0 Å². The molecule has 0 heterocycles. The van der Waals surface area contributed by atoms with Crippen LogP contribution in [0.4, 0.5) is 0 Å². The van der Waals surface area contributed by atoms with E-state index in [1.165, 1.54) is 5.56 Å². The van der Waals surface area contributed by atoms with Crippen molar-refractivity contribution in [3.63, 3.8) is 0 Å². The quantitative estimate of drug-likeness (QED) is 0.836. The Morgan fingerprint density at radius 1 is 1.05 bits per heavy atom. The zero-order valence-corrected chi connectivity index (χ0v) is 14.6. The molecule has 0 aliphatic carbocycles. The first kappa shape index (κ1) is 16.5. The second kappa shape index (κ2) is 5.45. The van der Waals surface area contributed by atoms with Crippen LogP contribution < -0.4 is 0 Å². The summed E-state index contributed by atoms with van der Waals surface area (Å²) in [4.78, 5) is 0. The van der Waals surface area contributed by atoms with Gasteiger partial charge in [-0.1, -0.05) is 47.6 Å². The maximum Gasteiger partial charge on any atom is 0.133 e. The highest BCUT2D eigenvalue weighted by Gasteiger charge is 2.28. The van der Waals surface area contributed by atoms with Crippen LogP contribution in [-0.4, -0.2) is 12.2 Å². The molecule has 1 N–H and O–H groups in total. The summed E-state index contributed by atoms with van der Waals surface area (Å²) in [6.45, 7) is 13.3. The molecule has 0 atom stereocenters. The first-order chi connectivity index (χ1) is 8.50. The Labute approximate surface area is 125 Å². The van der Waals surface area contributed by atoms with Gasteiger partial charge in [0.1, 0.15) is 5.75 Å². The van der Waals surface area contributed by atoms with E-state index in [-0.39, 0.29) is 10.8 Å². The second-order valence-electron chi connectivity index (χ2n) is 7.05. The zero-order valence-electron chi connectivity index (χ0n) is 13.0. The lowest BCUT2D eigenvalue weighted by Gasteiger charge is -2.29. The summed E-state index contributed by atoms with van der Waals surface area (Å²) in [7, 11) is 1.67. The summed E-state index contributed by atoms with van der Waals surface area (Å²) in [5, 5.41) is 10.4. The van der Waals surface area contributed by atoms with Gasteiger partial charge in [-0.3, -0.25) is 0 Å². The van der Waals surface area contributed by atoms with Crippen LogP contribution in [0, 0.1) is 0 Å². The number of ether oxygens (including phenoxy) is 1. The number of benzene rings is 1. The summed E-state index contributed by atoms with van der Waals surface area (Å²) in [6, 6.07) is 2.12. The van der Waals surface area contributed by atoms with Crippen LogP contribution in [0.15, 0.2) is 10.5 Å². The lowest BCUT2D eigenvalue weighted by Crippen LogP contribution is -2.19.